The number of aliphatic imine (C=N–C) groups is 1. The molecule has 114 valence electrons. The lowest BCUT2D eigenvalue weighted by atomic mass is 10.3. The number of hydrogen-bond donors (Lipinski definition) is 2. The van der Waals surface area contributed by atoms with Crippen LogP contribution in [0.25, 0.3) is 5.65 Å². The summed E-state index contributed by atoms with van der Waals surface area (Å²) < 4.78 is 1.97. The second-order valence-corrected chi connectivity index (χ2v) is 5.51. The molecule has 0 spiro atoms. The minimum atomic E-state index is 0.570. The van der Waals surface area contributed by atoms with Crippen LogP contribution in [0.3, 0.4) is 0 Å². The Balaban J connectivity index is 1.67. The first-order valence-electron chi connectivity index (χ1n) is 7.18. The molecular formula is C15H18N6S. The predicted octanol–water partition coefficient (Wildman–Crippen LogP) is 2.05. The van der Waals surface area contributed by atoms with Crippen LogP contribution >= 0.6 is 11.3 Å². The van der Waals surface area contributed by atoms with Crippen LogP contribution in [0.2, 0.25) is 0 Å². The van der Waals surface area contributed by atoms with Gasteiger partial charge in [-0.05, 0) is 41.4 Å². The van der Waals surface area contributed by atoms with Gasteiger partial charge in [0, 0.05) is 12.7 Å². The number of hydrogen-bond acceptors (Lipinski definition) is 4. The van der Waals surface area contributed by atoms with Crippen molar-refractivity contribution in [3.63, 3.8) is 0 Å². The molecule has 0 fully saturated rings. The average Bonchev–Trinajstić information content (AvgIpc) is 3.20. The van der Waals surface area contributed by atoms with Gasteiger partial charge in [-0.2, -0.15) is 11.3 Å². The maximum absolute atomic E-state index is 4.58. The molecule has 3 aromatic heterocycles. The van der Waals surface area contributed by atoms with E-state index in [-0.39, 0.29) is 0 Å². The number of pyridine rings is 1. The number of fused-ring (bicyclic) bond motifs is 1. The molecule has 0 atom stereocenters. The first-order valence-corrected chi connectivity index (χ1v) is 8.13. The lowest BCUT2D eigenvalue weighted by Gasteiger charge is -2.10. The second kappa shape index (κ2) is 7.04. The number of nitrogens with one attached hydrogen (secondary N) is 2. The van der Waals surface area contributed by atoms with Crippen LogP contribution in [0.5, 0.6) is 0 Å². The van der Waals surface area contributed by atoms with Crippen LogP contribution in [0.4, 0.5) is 0 Å². The molecule has 3 aromatic rings. The van der Waals surface area contributed by atoms with Crippen molar-refractivity contribution in [2.45, 2.75) is 20.0 Å². The maximum atomic E-state index is 4.58. The highest BCUT2D eigenvalue weighted by Crippen LogP contribution is 2.07. The number of rotatable bonds is 5. The van der Waals surface area contributed by atoms with E-state index in [0.717, 1.165) is 24.0 Å². The summed E-state index contributed by atoms with van der Waals surface area (Å²) in [6.45, 7) is 4.10. The molecule has 0 saturated heterocycles. The van der Waals surface area contributed by atoms with E-state index in [4.69, 9.17) is 0 Å². The standard InChI is InChI=1S/C15H18N6S/c1-2-16-15(17-9-12-6-8-22-11-12)18-10-14-20-19-13-5-3-4-7-21(13)14/h3-8,11H,2,9-10H2,1H3,(H2,16,17,18). The fourth-order valence-corrected chi connectivity index (χ4v) is 2.73. The van der Waals surface area contributed by atoms with Crippen molar-refractivity contribution < 1.29 is 0 Å². The summed E-state index contributed by atoms with van der Waals surface area (Å²) in [7, 11) is 0. The summed E-state index contributed by atoms with van der Waals surface area (Å²) in [4.78, 5) is 4.58. The van der Waals surface area contributed by atoms with E-state index in [0.29, 0.717) is 13.1 Å². The lowest BCUT2D eigenvalue weighted by molar-refractivity contribution is 0.765. The molecular weight excluding hydrogens is 296 g/mol. The molecule has 0 radical (unpaired) electrons. The Morgan fingerprint density at radius 3 is 3.05 bits per heavy atom. The molecule has 0 unspecified atom stereocenters. The molecule has 0 saturated carbocycles. The Kier molecular flexibility index (Phi) is 4.65. The summed E-state index contributed by atoms with van der Waals surface area (Å²) in [5, 5.41) is 19.1. The van der Waals surface area contributed by atoms with Gasteiger partial charge in [0.25, 0.3) is 0 Å². The highest BCUT2D eigenvalue weighted by atomic mass is 32.1. The Hall–Kier alpha value is -2.41. The highest BCUT2D eigenvalue weighted by Gasteiger charge is 2.05. The van der Waals surface area contributed by atoms with Gasteiger partial charge in [0.05, 0.1) is 13.1 Å². The van der Waals surface area contributed by atoms with Crippen molar-refractivity contribution >= 4 is 22.9 Å². The minimum absolute atomic E-state index is 0.570. The van der Waals surface area contributed by atoms with E-state index >= 15 is 0 Å². The summed E-state index contributed by atoms with van der Waals surface area (Å²) >= 11 is 1.69. The van der Waals surface area contributed by atoms with E-state index in [1.165, 1.54) is 5.56 Å². The van der Waals surface area contributed by atoms with Gasteiger partial charge in [0.1, 0.15) is 0 Å². The van der Waals surface area contributed by atoms with Crippen molar-refractivity contribution in [2.24, 2.45) is 4.99 Å². The van der Waals surface area contributed by atoms with E-state index in [1.807, 2.05) is 35.7 Å². The Morgan fingerprint density at radius 1 is 1.27 bits per heavy atom. The van der Waals surface area contributed by atoms with Gasteiger partial charge in [-0.1, -0.05) is 6.07 Å². The van der Waals surface area contributed by atoms with Gasteiger partial charge in [-0.25, -0.2) is 4.99 Å². The summed E-state index contributed by atoms with van der Waals surface area (Å²) in [6.07, 6.45) is 1.96. The predicted molar refractivity (Wildman–Crippen MR) is 89.0 cm³/mol. The molecule has 3 rings (SSSR count). The van der Waals surface area contributed by atoms with Crippen LogP contribution in [0.1, 0.15) is 18.3 Å². The lowest BCUT2D eigenvalue weighted by Crippen LogP contribution is -2.37. The zero-order chi connectivity index (χ0) is 15.2. The first-order chi connectivity index (χ1) is 10.9. The zero-order valence-electron chi connectivity index (χ0n) is 12.4. The second-order valence-electron chi connectivity index (χ2n) is 4.73. The van der Waals surface area contributed by atoms with Gasteiger partial charge in [-0.15, -0.1) is 10.2 Å². The Labute approximate surface area is 132 Å². The van der Waals surface area contributed by atoms with Gasteiger partial charge < -0.3 is 10.6 Å². The molecule has 7 heteroatoms. The molecule has 6 nitrogen and oxygen atoms in total. The van der Waals surface area contributed by atoms with E-state index < -0.39 is 0 Å². The molecule has 3 heterocycles. The Bertz CT molecular complexity index is 746. The molecule has 0 bridgehead atoms. The van der Waals surface area contributed by atoms with Crippen LogP contribution < -0.4 is 10.6 Å². The van der Waals surface area contributed by atoms with Crippen LogP contribution in [0.15, 0.2) is 46.2 Å². The maximum Gasteiger partial charge on any atom is 0.191 e. The van der Waals surface area contributed by atoms with Crippen molar-refractivity contribution in [2.75, 3.05) is 6.54 Å². The largest absolute Gasteiger partial charge is 0.357 e. The van der Waals surface area contributed by atoms with Gasteiger partial charge in [-0.3, -0.25) is 4.40 Å². The van der Waals surface area contributed by atoms with Crippen molar-refractivity contribution in [3.05, 3.63) is 52.6 Å². The number of guanidine groups is 1. The summed E-state index contributed by atoms with van der Waals surface area (Å²) in [5.74, 6) is 1.64. The van der Waals surface area contributed by atoms with E-state index in [2.05, 4.69) is 42.6 Å². The Morgan fingerprint density at radius 2 is 2.23 bits per heavy atom. The van der Waals surface area contributed by atoms with Crippen molar-refractivity contribution in [3.8, 4) is 0 Å². The minimum Gasteiger partial charge on any atom is -0.357 e. The smallest absolute Gasteiger partial charge is 0.191 e. The summed E-state index contributed by atoms with van der Waals surface area (Å²) in [6, 6.07) is 7.94. The van der Waals surface area contributed by atoms with Crippen LogP contribution in [0, 0.1) is 0 Å². The fraction of sp³-hybridized carbons (Fsp3) is 0.267. The van der Waals surface area contributed by atoms with Crippen LogP contribution in [-0.2, 0) is 13.1 Å². The zero-order valence-corrected chi connectivity index (χ0v) is 13.2. The molecule has 0 aliphatic carbocycles. The molecule has 0 aliphatic rings. The third-order valence-corrected chi connectivity index (χ3v) is 3.87. The highest BCUT2D eigenvalue weighted by molar-refractivity contribution is 7.07. The quantitative estimate of drug-likeness (QED) is 0.559. The average molecular weight is 314 g/mol. The topological polar surface area (TPSA) is 66.6 Å². The van der Waals surface area contributed by atoms with Crippen LogP contribution in [-0.4, -0.2) is 27.1 Å². The molecule has 2 N–H and O–H groups in total. The third kappa shape index (κ3) is 3.43. The first kappa shape index (κ1) is 14.5. The fourth-order valence-electron chi connectivity index (χ4n) is 2.07. The number of thiophene rings is 1. The van der Waals surface area contributed by atoms with Crippen molar-refractivity contribution in [1.29, 1.82) is 0 Å². The molecule has 0 aromatic carbocycles. The van der Waals surface area contributed by atoms with Gasteiger partial charge in [0.15, 0.2) is 17.4 Å². The van der Waals surface area contributed by atoms with E-state index in [9.17, 15) is 0 Å². The van der Waals surface area contributed by atoms with Crippen molar-refractivity contribution in [1.82, 2.24) is 25.2 Å². The number of aromatic nitrogens is 3. The normalized spacial score (nSPS) is 11.8. The SMILES string of the molecule is CCNC(=NCc1ccsc1)NCc1nnc2ccccn12. The summed E-state index contributed by atoms with van der Waals surface area (Å²) in [5.41, 5.74) is 2.06. The van der Waals surface area contributed by atoms with Gasteiger partial charge in [0.2, 0.25) is 0 Å². The monoisotopic (exact) mass is 314 g/mol. The van der Waals surface area contributed by atoms with Gasteiger partial charge >= 0.3 is 0 Å². The molecule has 22 heavy (non-hydrogen) atoms. The third-order valence-electron chi connectivity index (χ3n) is 3.14. The molecule has 0 amide bonds. The number of nitrogens with zero attached hydrogens (tertiary/aromatic N) is 4. The molecule has 0 aliphatic heterocycles. The van der Waals surface area contributed by atoms with E-state index in [1.54, 1.807) is 11.3 Å².